The molecule has 0 aromatic carbocycles. The number of thiophene rings is 1. The average Bonchev–Trinajstić information content (AvgIpc) is 3.24. The van der Waals surface area contributed by atoms with Crippen molar-refractivity contribution in [3.8, 4) is 6.07 Å². The summed E-state index contributed by atoms with van der Waals surface area (Å²) < 4.78 is 1.83. The monoisotopic (exact) mass is 325 g/mol. The van der Waals surface area contributed by atoms with E-state index in [1.165, 1.54) is 4.88 Å². The van der Waals surface area contributed by atoms with E-state index in [0.29, 0.717) is 0 Å². The summed E-state index contributed by atoms with van der Waals surface area (Å²) in [7, 11) is 0. The molecular formula is C15H15N7S. The predicted octanol–water partition coefficient (Wildman–Crippen LogP) is 1.38. The van der Waals surface area contributed by atoms with E-state index in [1.54, 1.807) is 23.9 Å². The van der Waals surface area contributed by atoms with E-state index in [1.807, 2.05) is 16.8 Å². The highest BCUT2D eigenvalue weighted by Crippen LogP contribution is 2.20. The lowest BCUT2D eigenvalue weighted by Crippen LogP contribution is -2.46. The second-order valence-corrected chi connectivity index (χ2v) is 6.60. The van der Waals surface area contributed by atoms with E-state index in [9.17, 15) is 0 Å². The lowest BCUT2D eigenvalue weighted by atomic mass is 10.3. The van der Waals surface area contributed by atoms with Crippen molar-refractivity contribution in [2.24, 2.45) is 0 Å². The van der Waals surface area contributed by atoms with E-state index < -0.39 is 0 Å². The van der Waals surface area contributed by atoms with Crippen LogP contribution in [-0.4, -0.2) is 50.7 Å². The smallest absolute Gasteiger partial charge is 0.175 e. The van der Waals surface area contributed by atoms with Crippen LogP contribution < -0.4 is 4.90 Å². The van der Waals surface area contributed by atoms with Crippen molar-refractivity contribution in [2.45, 2.75) is 6.54 Å². The van der Waals surface area contributed by atoms with Gasteiger partial charge < -0.3 is 4.90 Å². The van der Waals surface area contributed by atoms with Crippen LogP contribution in [-0.2, 0) is 6.54 Å². The zero-order chi connectivity index (χ0) is 15.6. The molecule has 116 valence electrons. The Hall–Kier alpha value is -2.50. The van der Waals surface area contributed by atoms with Gasteiger partial charge >= 0.3 is 0 Å². The van der Waals surface area contributed by atoms with Gasteiger partial charge in [-0.3, -0.25) is 9.88 Å². The van der Waals surface area contributed by atoms with Crippen LogP contribution in [0.15, 0.2) is 30.9 Å². The fourth-order valence-electron chi connectivity index (χ4n) is 2.83. The molecule has 1 aliphatic rings. The molecule has 3 aromatic heterocycles. The standard InChI is InChI=1S/C15H15N7S/c16-7-12-1-2-13(23-12)10-20-3-5-21(6-4-20)15-9-17-8-14-18-11-19-22(14)15/h1-2,8-9,11H,3-6,10H2. The first-order valence-electron chi connectivity index (χ1n) is 7.43. The van der Waals surface area contributed by atoms with Gasteiger partial charge in [0, 0.05) is 37.6 Å². The Balaban J connectivity index is 1.43. The Morgan fingerprint density at radius 1 is 1.17 bits per heavy atom. The number of rotatable bonds is 3. The first-order chi connectivity index (χ1) is 11.3. The predicted molar refractivity (Wildman–Crippen MR) is 87.3 cm³/mol. The molecule has 0 amide bonds. The van der Waals surface area contributed by atoms with Crippen LogP contribution in [0.25, 0.3) is 5.65 Å². The lowest BCUT2D eigenvalue weighted by Gasteiger charge is -2.35. The number of nitriles is 1. The van der Waals surface area contributed by atoms with Crippen LogP contribution in [0.2, 0.25) is 0 Å². The average molecular weight is 325 g/mol. The van der Waals surface area contributed by atoms with E-state index in [-0.39, 0.29) is 0 Å². The van der Waals surface area contributed by atoms with Crippen molar-refractivity contribution in [1.82, 2.24) is 24.5 Å². The summed E-state index contributed by atoms with van der Waals surface area (Å²) in [4.78, 5) is 15.2. The van der Waals surface area contributed by atoms with E-state index >= 15 is 0 Å². The molecule has 0 atom stereocenters. The van der Waals surface area contributed by atoms with Crippen LogP contribution in [0.1, 0.15) is 9.75 Å². The molecule has 0 unspecified atom stereocenters. The molecule has 0 radical (unpaired) electrons. The van der Waals surface area contributed by atoms with Gasteiger partial charge in [0.05, 0.1) is 12.4 Å². The maximum absolute atomic E-state index is 8.91. The molecule has 1 fully saturated rings. The number of nitrogens with zero attached hydrogens (tertiary/aromatic N) is 7. The van der Waals surface area contributed by atoms with Crippen molar-refractivity contribution in [2.75, 3.05) is 31.1 Å². The third-order valence-corrected chi connectivity index (χ3v) is 4.99. The summed E-state index contributed by atoms with van der Waals surface area (Å²) in [6.07, 6.45) is 5.12. The molecule has 3 aromatic rings. The van der Waals surface area contributed by atoms with Crippen molar-refractivity contribution < 1.29 is 0 Å². The van der Waals surface area contributed by atoms with E-state index in [0.717, 1.165) is 49.1 Å². The molecule has 0 spiro atoms. The van der Waals surface area contributed by atoms with Crippen LogP contribution in [0, 0.1) is 11.3 Å². The lowest BCUT2D eigenvalue weighted by molar-refractivity contribution is 0.251. The van der Waals surface area contributed by atoms with Crippen LogP contribution >= 0.6 is 11.3 Å². The maximum atomic E-state index is 8.91. The number of hydrogen-bond donors (Lipinski definition) is 0. The fourth-order valence-corrected chi connectivity index (χ4v) is 3.68. The van der Waals surface area contributed by atoms with Gasteiger partial charge in [-0.25, -0.2) is 4.98 Å². The molecule has 23 heavy (non-hydrogen) atoms. The van der Waals surface area contributed by atoms with Gasteiger partial charge in [0.1, 0.15) is 17.3 Å². The minimum absolute atomic E-state index is 0.771. The molecule has 0 aliphatic carbocycles. The van der Waals surface area contributed by atoms with Gasteiger partial charge in [0.15, 0.2) is 11.5 Å². The second kappa shape index (κ2) is 5.95. The maximum Gasteiger partial charge on any atom is 0.175 e. The third kappa shape index (κ3) is 2.76. The second-order valence-electron chi connectivity index (χ2n) is 5.44. The molecule has 7 nitrogen and oxygen atoms in total. The number of fused-ring (bicyclic) bond motifs is 1. The van der Waals surface area contributed by atoms with Crippen molar-refractivity contribution in [1.29, 1.82) is 5.26 Å². The number of anilines is 1. The van der Waals surface area contributed by atoms with Crippen molar-refractivity contribution >= 4 is 22.8 Å². The normalized spacial score (nSPS) is 15.9. The third-order valence-electron chi connectivity index (χ3n) is 4.02. The Bertz CT molecular complexity index is 854. The highest BCUT2D eigenvalue weighted by molar-refractivity contribution is 7.12. The minimum atomic E-state index is 0.771. The summed E-state index contributed by atoms with van der Waals surface area (Å²) in [5.41, 5.74) is 0.771. The van der Waals surface area contributed by atoms with Crippen LogP contribution in [0.3, 0.4) is 0 Å². The largest absolute Gasteiger partial charge is 0.353 e. The summed E-state index contributed by atoms with van der Waals surface area (Å²) in [6, 6.07) is 6.14. The fraction of sp³-hybridized carbons (Fsp3) is 0.333. The van der Waals surface area contributed by atoms with Gasteiger partial charge in [-0.2, -0.15) is 14.9 Å². The minimum Gasteiger partial charge on any atom is -0.353 e. The molecule has 1 aliphatic heterocycles. The molecule has 4 rings (SSSR count). The summed E-state index contributed by atoms with van der Waals surface area (Å²) >= 11 is 1.58. The number of aromatic nitrogens is 4. The molecule has 4 heterocycles. The number of hydrogen-bond acceptors (Lipinski definition) is 7. The van der Waals surface area contributed by atoms with Crippen LogP contribution in [0.5, 0.6) is 0 Å². The summed E-state index contributed by atoms with van der Waals surface area (Å²) in [5.74, 6) is 0.988. The van der Waals surface area contributed by atoms with Crippen LogP contribution in [0.4, 0.5) is 5.82 Å². The van der Waals surface area contributed by atoms with Crippen molar-refractivity contribution in [3.63, 3.8) is 0 Å². The topological polar surface area (TPSA) is 73.3 Å². The highest BCUT2D eigenvalue weighted by atomic mass is 32.1. The van der Waals surface area contributed by atoms with E-state index in [2.05, 4.69) is 37.0 Å². The van der Waals surface area contributed by atoms with Crippen molar-refractivity contribution in [3.05, 3.63) is 40.6 Å². The molecule has 8 heteroatoms. The molecule has 0 bridgehead atoms. The van der Waals surface area contributed by atoms with Gasteiger partial charge in [-0.1, -0.05) is 0 Å². The zero-order valence-electron chi connectivity index (χ0n) is 12.5. The molecule has 0 saturated carbocycles. The van der Waals surface area contributed by atoms with Gasteiger partial charge in [-0.05, 0) is 12.1 Å². The van der Waals surface area contributed by atoms with Gasteiger partial charge in [0.2, 0.25) is 0 Å². The SMILES string of the molecule is N#Cc1ccc(CN2CCN(c3cncc4ncnn34)CC2)s1. The van der Waals surface area contributed by atoms with E-state index in [4.69, 9.17) is 5.26 Å². The Kier molecular flexibility index (Phi) is 3.65. The first kappa shape index (κ1) is 14.1. The molecular weight excluding hydrogens is 310 g/mol. The Labute approximate surface area is 137 Å². The van der Waals surface area contributed by atoms with Gasteiger partial charge in [-0.15, -0.1) is 11.3 Å². The highest BCUT2D eigenvalue weighted by Gasteiger charge is 2.20. The quantitative estimate of drug-likeness (QED) is 0.724. The van der Waals surface area contributed by atoms with Gasteiger partial charge in [0.25, 0.3) is 0 Å². The summed E-state index contributed by atoms with van der Waals surface area (Å²) in [6.45, 7) is 4.72. The molecule has 1 saturated heterocycles. The Morgan fingerprint density at radius 3 is 2.83 bits per heavy atom. The zero-order valence-corrected chi connectivity index (χ0v) is 13.3. The summed E-state index contributed by atoms with van der Waals surface area (Å²) in [5, 5.41) is 13.2. The number of piperazine rings is 1. The Morgan fingerprint density at radius 2 is 2.04 bits per heavy atom. The first-order valence-corrected chi connectivity index (χ1v) is 8.25. The molecule has 0 N–H and O–H groups in total.